The van der Waals surface area contributed by atoms with Crippen LogP contribution in [-0.4, -0.2) is 40.7 Å². The number of esters is 1. The molecular weight excluding hydrogens is 386 g/mol. The van der Waals surface area contributed by atoms with E-state index in [1.165, 1.54) is 13.8 Å². The summed E-state index contributed by atoms with van der Waals surface area (Å²) in [5, 5.41) is 2.04. The van der Waals surface area contributed by atoms with Gasteiger partial charge in [0.05, 0.1) is 11.8 Å². The Bertz CT molecular complexity index is 815. The lowest BCUT2D eigenvalue weighted by molar-refractivity contribution is -0.163. The minimum atomic E-state index is -1.39. The summed E-state index contributed by atoms with van der Waals surface area (Å²) in [5.41, 5.74) is -0.651. The van der Waals surface area contributed by atoms with E-state index in [2.05, 4.69) is 0 Å². The van der Waals surface area contributed by atoms with E-state index in [9.17, 15) is 28.0 Å². The zero-order chi connectivity index (χ0) is 21.3. The van der Waals surface area contributed by atoms with Gasteiger partial charge in [-0.15, -0.1) is 0 Å². The molecule has 0 unspecified atom stereocenters. The average molecular weight is 408 g/mol. The minimum absolute atomic E-state index is 0.394. The van der Waals surface area contributed by atoms with Gasteiger partial charge in [0, 0.05) is 0 Å². The number of likely N-dealkylation sites (tertiary alicyclic amines) is 1. The molecule has 156 valence electrons. The number of nitrogens with zero attached hydrogens (tertiary/aromatic N) is 1. The van der Waals surface area contributed by atoms with Crippen LogP contribution in [0.25, 0.3) is 0 Å². The van der Waals surface area contributed by atoms with Gasteiger partial charge in [0.2, 0.25) is 11.8 Å². The summed E-state index contributed by atoms with van der Waals surface area (Å²) in [6, 6.07) is 1.90. The molecule has 1 aliphatic heterocycles. The summed E-state index contributed by atoms with van der Waals surface area (Å²) >= 11 is 0. The minimum Gasteiger partial charge on any atom is -0.451 e. The molecule has 1 N–H and O–H groups in total. The third kappa shape index (κ3) is 3.99. The summed E-state index contributed by atoms with van der Waals surface area (Å²) in [6.45, 7) is 2.59. The Morgan fingerprint density at radius 2 is 1.59 bits per heavy atom. The maximum Gasteiger partial charge on any atom is 0.329 e. The predicted octanol–water partition coefficient (Wildman–Crippen LogP) is 2.40. The van der Waals surface area contributed by atoms with E-state index in [-0.39, 0.29) is 0 Å². The summed E-state index contributed by atoms with van der Waals surface area (Å²) in [7, 11) is 0. The van der Waals surface area contributed by atoms with E-state index in [0.717, 1.165) is 35.9 Å². The maximum atomic E-state index is 13.7. The number of anilines is 1. The summed E-state index contributed by atoms with van der Waals surface area (Å²) in [5.74, 6) is -5.43. The van der Waals surface area contributed by atoms with Crippen molar-refractivity contribution in [1.29, 1.82) is 0 Å². The van der Waals surface area contributed by atoms with Gasteiger partial charge in [-0.05, 0) is 38.8 Å². The number of hydrogen-bond acceptors (Lipinski definition) is 5. The molecule has 0 aromatic heterocycles. The lowest BCUT2D eigenvalue weighted by atomic mass is 9.81. The van der Waals surface area contributed by atoms with Gasteiger partial charge in [0.25, 0.3) is 5.91 Å². The number of halogens is 2. The Morgan fingerprint density at radius 1 is 1.07 bits per heavy atom. The molecule has 3 amide bonds. The van der Waals surface area contributed by atoms with E-state index in [0.29, 0.717) is 12.8 Å². The van der Waals surface area contributed by atoms with Crippen LogP contribution in [0.5, 0.6) is 0 Å². The normalized spacial score (nSPS) is 23.4. The van der Waals surface area contributed by atoms with Crippen LogP contribution in [0.2, 0.25) is 0 Å². The smallest absolute Gasteiger partial charge is 0.329 e. The Morgan fingerprint density at radius 3 is 2.10 bits per heavy atom. The fraction of sp³-hybridized carbons (Fsp3) is 0.500. The predicted molar refractivity (Wildman–Crippen MR) is 97.3 cm³/mol. The van der Waals surface area contributed by atoms with Gasteiger partial charge in [-0.1, -0.05) is 18.9 Å². The second kappa shape index (κ2) is 8.26. The van der Waals surface area contributed by atoms with Gasteiger partial charge in [0.15, 0.2) is 6.10 Å². The molecule has 1 aromatic rings. The molecule has 4 atom stereocenters. The van der Waals surface area contributed by atoms with Gasteiger partial charge < -0.3 is 10.1 Å². The van der Waals surface area contributed by atoms with E-state index in [1.807, 2.05) is 5.32 Å². The van der Waals surface area contributed by atoms with E-state index < -0.39 is 65.0 Å². The number of nitrogens with one attached hydrogen (secondary N) is 1. The molecule has 1 aliphatic carbocycles. The first-order chi connectivity index (χ1) is 13.7. The van der Waals surface area contributed by atoms with E-state index in [1.54, 1.807) is 0 Å². The van der Waals surface area contributed by atoms with E-state index >= 15 is 0 Å². The van der Waals surface area contributed by atoms with Crippen molar-refractivity contribution in [3.8, 4) is 0 Å². The largest absolute Gasteiger partial charge is 0.451 e. The molecule has 0 radical (unpaired) electrons. The topological polar surface area (TPSA) is 92.8 Å². The van der Waals surface area contributed by atoms with Crippen LogP contribution in [0.15, 0.2) is 18.2 Å². The van der Waals surface area contributed by atoms with Crippen molar-refractivity contribution >= 4 is 29.4 Å². The van der Waals surface area contributed by atoms with E-state index in [4.69, 9.17) is 4.74 Å². The Kier molecular flexibility index (Phi) is 5.95. The molecule has 1 aromatic carbocycles. The number of ether oxygens (including phenoxy) is 1. The fourth-order valence-corrected chi connectivity index (χ4v) is 3.84. The Hall–Kier alpha value is -2.84. The lowest BCUT2D eigenvalue weighted by Gasteiger charge is -2.23. The first kappa shape index (κ1) is 20.9. The second-order valence-corrected chi connectivity index (χ2v) is 7.38. The molecule has 0 bridgehead atoms. The molecule has 2 aliphatic rings. The van der Waals surface area contributed by atoms with Crippen LogP contribution >= 0.6 is 0 Å². The highest BCUT2D eigenvalue weighted by atomic mass is 19.1. The highest BCUT2D eigenvalue weighted by molar-refractivity contribution is 6.08. The molecule has 7 nitrogen and oxygen atoms in total. The van der Waals surface area contributed by atoms with Gasteiger partial charge in [-0.25, -0.2) is 13.6 Å². The third-order valence-electron chi connectivity index (χ3n) is 5.48. The summed E-state index contributed by atoms with van der Waals surface area (Å²) in [6.07, 6.45) is 1.55. The number of imide groups is 1. The van der Waals surface area contributed by atoms with Crippen molar-refractivity contribution < 1.29 is 32.7 Å². The number of hydrogen-bond donors (Lipinski definition) is 1. The van der Waals surface area contributed by atoms with Crippen molar-refractivity contribution in [1.82, 2.24) is 4.90 Å². The molecule has 2 fully saturated rings. The number of carbonyl (C=O) groups is 4. The molecule has 1 saturated carbocycles. The highest BCUT2D eigenvalue weighted by Crippen LogP contribution is 2.39. The molecule has 29 heavy (non-hydrogen) atoms. The number of para-hydroxylation sites is 1. The van der Waals surface area contributed by atoms with Crippen LogP contribution < -0.4 is 5.32 Å². The second-order valence-electron chi connectivity index (χ2n) is 7.38. The molecule has 9 heteroatoms. The van der Waals surface area contributed by atoms with Crippen LogP contribution in [0.1, 0.15) is 39.5 Å². The first-order valence-electron chi connectivity index (χ1n) is 9.54. The SMILES string of the molecule is C[C@H](OC(=O)[C@H](C)N1C(=O)[C@H]2CCCC[C@@H]2C1=O)C(=O)Nc1c(F)cccc1F. The van der Waals surface area contributed by atoms with Crippen molar-refractivity contribution in [3.05, 3.63) is 29.8 Å². The molecule has 1 saturated heterocycles. The monoisotopic (exact) mass is 408 g/mol. The van der Waals surface area contributed by atoms with Crippen LogP contribution in [-0.2, 0) is 23.9 Å². The number of carbonyl (C=O) groups excluding carboxylic acids is 4. The highest BCUT2D eigenvalue weighted by Gasteiger charge is 2.51. The van der Waals surface area contributed by atoms with Gasteiger partial charge >= 0.3 is 5.97 Å². The maximum absolute atomic E-state index is 13.7. The quantitative estimate of drug-likeness (QED) is 0.597. The number of rotatable bonds is 5. The third-order valence-corrected chi connectivity index (χ3v) is 5.48. The Labute approximate surface area is 166 Å². The zero-order valence-corrected chi connectivity index (χ0v) is 16.1. The zero-order valence-electron chi connectivity index (χ0n) is 16.1. The fourth-order valence-electron chi connectivity index (χ4n) is 3.84. The van der Waals surface area contributed by atoms with Crippen LogP contribution in [0, 0.1) is 23.5 Å². The first-order valence-corrected chi connectivity index (χ1v) is 9.54. The van der Waals surface area contributed by atoms with Gasteiger partial charge in [-0.2, -0.15) is 0 Å². The standard InChI is InChI=1S/C20H22F2N2O5/c1-10(24-18(26)12-6-3-4-7-13(12)19(24)27)20(28)29-11(2)17(25)23-16-14(21)8-5-9-15(16)22/h5,8-13H,3-4,6-7H2,1-2H3,(H,23,25)/t10-,11-,12-,13-/m0/s1. The van der Waals surface area contributed by atoms with Crippen LogP contribution in [0.4, 0.5) is 14.5 Å². The summed E-state index contributed by atoms with van der Waals surface area (Å²) < 4.78 is 32.4. The Balaban J connectivity index is 1.64. The molecule has 0 spiro atoms. The van der Waals surface area contributed by atoms with Crippen molar-refractivity contribution in [2.24, 2.45) is 11.8 Å². The summed E-state index contributed by atoms with van der Waals surface area (Å²) in [4.78, 5) is 50.6. The number of fused-ring (bicyclic) bond motifs is 1. The average Bonchev–Trinajstić information content (AvgIpc) is 2.95. The van der Waals surface area contributed by atoms with Crippen molar-refractivity contribution in [2.45, 2.75) is 51.7 Å². The number of amides is 3. The molecule has 3 rings (SSSR count). The van der Waals surface area contributed by atoms with Crippen molar-refractivity contribution in [3.63, 3.8) is 0 Å². The van der Waals surface area contributed by atoms with Gasteiger partial charge in [0.1, 0.15) is 23.4 Å². The number of benzene rings is 1. The van der Waals surface area contributed by atoms with Crippen molar-refractivity contribution in [2.75, 3.05) is 5.32 Å². The molecular formula is C20H22F2N2O5. The van der Waals surface area contributed by atoms with Gasteiger partial charge in [-0.3, -0.25) is 19.3 Å². The van der Waals surface area contributed by atoms with Crippen LogP contribution in [0.3, 0.4) is 0 Å². The molecule has 1 heterocycles. The lowest BCUT2D eigenvalue weighted by Crippen LogP contribution is -2.46.